The normalized spacial score (nSPS) is 12.6. The Hall–Kier alpha value is -1.26. The third kappa shape index (κ3) is 4.39. The molecule has 0 bridgehead atoms. The third-order valence-electron chi connectivity index (χ3n) is 3.21. The maximum absolute atomic E-state index is 4.28. The minimum Gasteiger partial charge on any atom is -0.309 e. The molecule has 0 saturated carbocycles. The van der Waals surface area contributed by atoms with E-state index in [-0.39, 0.29) is 0 Å². The van der Waals surface area contributed by atoms with Gasteiger partial charge >= 0.3 is 0 Å². The van der Waals surface area contributed by atoms with Gasteiger partial charge in [-0.2, -0.15) is 5.10 Å². The van der Waals surface area contributed by atoms with Crippen LogP contribution in [-0.4, -0.2) is 22.1 Å². The molecule has 0 aliphatic carbocycles. The van der Waals surface area contributed by atoms with Gasteiger partial charge in [-0.3, -0.25) is 4.68 Å². The monoisotopic (exact) mass is 289 g/mol. The largest absolute Gasteiger partial charge is 0.309 e. The van der Waals surface area contributed by atoms with Crippen molar-refractivity contribution >= 4 is 11.8 Å². The van der Waals surface area contributed by atoms with Gasteiger partial charge in [-0.15, -0.1) is 11.8 Å². The highest BCUT2D eigenvalue weighted by Gasteiger charge is 2.12. The summed E-state index contributed by atoms with van der Waals surface area (Å²) in [6.07, 6.45) is 5.21. The van der Waals surface area contributed by atoms with Gasteiger partial charge in [0.1, 0.15) is 0 Å². The van der Waals surface area contributed by atoms with Crippen LogP contribution in [0.1, 0.15) is 30.5 Å². The lowest BCUT2D eigenvalue weighted by Crippen LogP contribution is -2.23. The number of hydrogen-bond donors (Lipinski definition) is 1. The highest BCUT2D eigenvalue weighted by molar-refractivity contribution is 7.99. The Bertz CT molecular complexity index is 519. The van der Waals surface area contributed by atoms with Crippen LogP contribution in [0.2, 0.25) is 0 Å². The Morgan fingerprint density at radius 1 is 1.30 bits per heavy atom. The van der Waals surface area contributed by atoms with Gasteiger partial charge in [0.05, 0.1) is 6.20 Å². The van der Waals surface area contributed by atoms with Crippen LogP contribution in [0.15, 0.2) is 41.6 Å². The standard InChI is InChI=1S/C16H23N3S/c1-4-9-17-16(14-10-18-19(3)11-14)12-20-15-7-5-13(2)6-8-15/h5-8,10-11,16-17H,4,9,12H2,1-3H3. The van der Waals surface area contributed by atoms with Crippen LogP contribution in [0.3, 0.4) is 0 Å². The average Bonchev–Trinajstić information content (AvgIpc) is 2.87. The first kappa shape index (κ1) is 15.1. The fraction of sp³-hybridized carbons (Fsp3) is 0.438. The summed E-state index contributed by atoms with van der Waals surface area (Å²) in [5, 5.41) is 7.89. The van der Waals surface area contributed by atoms with Crippen LogP contribution in [-0.2, 0) is 7.05 Å². The Morgan fingerprint density at radius 2 is 2.05 bits per heavy atom. The van der Waals surface area contributed by atoms with E-state index in [1.807, 2.05) is 29.7 Å². The Morgan fingerprint density at radius 3 is 2.65 bits per heavy atom. The molecule has 1 N–H and O–H groups in total. The minimum atomic E-state index is 0.356. The topological polar surface area (TPSA) is 29.9 Å². The summed E-state index contributed by atoms with van der Waals surface area (Å²) < 4.78 is 1.87. The number of aromatic nitrogens is 2. The van der Waals surface area contributed by atoms with Crippen molar-refractivity contribution in [1.29, 1.82) is 0 Å². The van der Waals surface area contributed by atoms with Gasteiger partial charge in [-0.1, -0.05) is 24.6 Å². The van der Waals surface area contributed by atoms with E-state index in [1.54, 1.807) is 0 Å². The summed E-state index contributed by atoms with van der Waals surface area (Å²) in [7, 11) is 1.97. The van der Waals surface area contributed by atoms with E-state index in [0.29, 0.717) is 6.04 Å². The molecule has 4 heteroatoms. The Labute approximate surface area is 125 Å². The number of benzene rings is 1. The van der Waals surface area contributed by atoms with Crippen molar-refractivity contribution in [3.05, 3.63) is 47.8 Å². The van der Waals surface area contributed by atoms with Gasteiger partial charge in [0, 0.05) is 35.5 Å². The predicted molar refractivity (Wildman–Crippen MR) is 86.1 cm³/mol. The number of thioether (sulfide) groups is 1. The zero-order valence-electron chi connectivity index (χ0n) is 12.5. The first-order valence-electron chi connectivity index (χ1n) is 7.10. The molecule has 0 fully saturated rings. The molecule has 1 unspecified atom stereocenters. The van der Waals surface area contributed by atoms with E-state index < -0.39 is 0 Å². The molecule has 2 aromatic rings. The van der Waals surface area contributed by atoms with Crippen molar-refractivity contribution in [2.45, 2.75) is 31.2 Å². The van der Waals surface area contributed by atoms with Crippen molar-refractivity contribution in [3.63, 3.8) is 0 Å². The van der Waals surface area contributed by atoms with E-state index in [1.165, 1.54) is 16.0 Å². The zero-order chi connectivity index (χ0) is 14.4. The lowest BCUT2D eigenvalue weighted by Gasteiger charge is -2.16. The number of hydrogen-bond acceptors (Lipinski definition) is 3. The number of rotatable bonds is 7. The molecule has 1 aromatic carbocycles. The van der Waals surface area contributed by atoms with Crippen molar-refractivity contribution in [1.82, 2.24) is 15.1 Å². The summed E-state index contributed by atoms with van der Waals surface area (Å²) in [6.45, 7) is 5.35. The molecule has 1 atom stereocenters. The molecule has 0 spiro atoms. The second-order valence-corrected chi connectivity index (χ2v) is 6.17. The van der Waals surface area contributed by atoms with Crippen LogP contribution in [0.5, 0.6) is 0 Å². The second kappa shape index (κ2) is 7.50. The number of nitrogens with zero attached hydrogens (tertiary/aromatic N) is 2. The first-order valence-corrected chi connectivity index (χ1v) is 8.09. The lowest BCUT2D eigenvalue weighted by molar-refractivity contribution is 0.577. The predicted octanol–water partition coefficient (Wildman–Crippen LogP) is 3.56. The van der Waals surface area contributed by atoms with Crippen molar-refractivity contribution in [2.75, 3.05) is 12.3 Å². The molecule has 3 nitrogen and oxygen atoms in total. The summed E-state index contributed by atoms with van der Waals surface area (Å²) >= 11 is 1.89. The first-order chi connectivity index (χ1) is 9.69. The van der Waals surface area contributed by atoms with Gasteiger partial charge in [0.15, 0.2) is 0 Å². The second-order valence-electron chi connectivity index (χ2n) is 5.08. The molecule has 0 radical (unpaired) electrons. The van der Waals surface area contributed by atoms with Crippen LogP contribution in [0, 0.1) is 6.92 Å². The molecule has 108 valence electrons. The van der Waals surface area contributed by atoms with Crippen molar-refractivity contribution in [3.8, 4) is 0 Å². The highest BCUT2D eigenvalue weighted by atomic mass is 32.2. The molecule has 0 aliphatic rings. The van der Waals surface area contributed by atoms with Crippen LogP contribution < -0.4 is 5.32 Å². The van der Waals surface area contributed by atoms with Gasteiger partial charge in [-0.05, 0) is 32.0 Å². The highest BCUT2D eigenvalue weighted by Crippen LogP contribution is 2.24. The van der Waals surface area contributed by atoms with Crippen LogP contribution in [0.25, 0.3) is 0 Å². The number of aryl methyl sites for hydroxylation is 2. The fourth-order valence-corrected chi connectivity index (χ4v) is 3.02. The molecule has 1 heterocycles. The van der Waals surface area contributed by atoms with E-state index in [9.17, 15) is 0 Å². The maximum atomic E-state index is 4.28. The molecule has 0 saturated heterocycles. The van der Waals surface area contributed by atoms with Gasteiger partial charge in [0.25, 0.3) is 0 Å². The Kier molecular flexibility index (Phi) is 5.68. The van der Waals surface area contributed by atoms with Gasteiger partial charge in [0.2, 0.25) is 0 Å². The number of nitrogens with one attached hydrogen (secondary N) is 1. The summed E-state index contributed by atoms with van der Waals surface area (Å²) in [4.78, 5) is 1.32. The summed E-state index contributed by atoms with van der Waals surface area (Å²) in [5.41, 5.74) is 2.57. The lowest BCUT2D eigenvalue weighted by atomic mass is 10.2. The van der Waals surface area contributed by atoms with E-state index in [0.717, 1.165) is 18.7 Å². The summed E-state index contributed by atoms with van der Waals surface area (Å²) in [5.74, 6) is 1.02. The van der Waals surface area contributed by atoms with Crippen molar-refractivity contribution < 1.29 is 0 Å². The van der Waals surface area contributed by atoms with Crippen LogP contribution in [0.4, 0.5) is 0 Å². The molecule has 1 aromatic heterocycles. The zero-order valence-corrected chi connectivity index (χ0v) is 13.3. The molecule has 0 amide bonds. The SMILES string of the molecule is CCCNC(CSc1ccc(C)cc1)c1cnn(C)c1. The van der Waals surface area contributed by atoms with Crippen LogP contribution >= 0.6 is 11.8 Å². The fourth-order valence-electron chi connectivity index (χ4n) is 2.03. The van der Waals surface area contributed by atoms with Gasteiger partial charge < -0.3 is 5.32 Å². The quantitative estimate of drug-likeness (QED) is 0.790. The maximum Gasteiger partial charge on any atom is 0.0537 e. The van der Waals surface area contributed by atoms with E-state index in [4.69, 9.17) is 0 Å². The van der Waals surface area contributed by atoms with Gasteiger partial charge in [-0.25, -0.2) is 0 Å². The molecule has 0 aliphatic heterocycles. The van der Waals surface area contributed by atoms with E-state index >= 15 is 0 Å². The third-order valence-corrected chi connectivity index (χ3v) is 4.31. The average molecular weight is 289 g/mol. The molecule has 20 heavy (non-hydrogen) atoms. The van der Waals surface area contributed by atoms with E-state index in [2.05, 4.69) is 54.7 Å². The Balaban J connectivity index is 1.98. The molecular weight excluding hydrogens is 266 g/mol. The molecule has 2 rings (SSSR count). The smallest absolute Gasteiger partial charge is 0.0537 e. The van der Waals surface area contributed by atoms with Crippen molar-refractivity contribution in [2.24, 2.45) is 7.05 Å². The minimum absolute atomic E-state index is 0.356. The molecular formula is C16H23N3S. The summed E-state index contributed by atoms with van der Waals surface area (Å²) in [6, 6.07) is 9.08.